The predicted octanol–water partition coefficient (Wildman–Crippen LogP) is 1.95. The van der Waals surface area contributed by atoms with Crippen LogP contribution in [0.2, 0.25) is 0 Å². The first kappa shape index (κ1) is 20.5. The Bertz CT molecular complexity index is 723. The van der Waals surface area contributed by atoms with Gasteiger partial charge in [-0.05, 0) is 45.1 Å². The van der Waals surface area contributed by atoms with Gasteiger partial charge in [0.25, 0.3) is 0 Å². The van der Waals surface area contributed by atoms with Gasteiger partial charge < -0.3 is 19.5 Å². The number of ether oxygens (including phenoxy) is 2. The van der Waals surface area contributed by atoms with E-state index in [9.17, 15) is 5.11 Å². The van der Waals surface area contributed by atoms with Gasteiger partial charge in [-0.3, -0.25) is 4.90 Å². The van der Waals surface area contributed by atoms with Crippen molar-refractivity contribution in [1.82, 2.24) is 19.8 Å². The van der Waals surface area contributed by atoms with E-state index in [-0.39, 0.29) is 6.61 Å². The molecular weight excluding hydrogens is 356 g/mol. The Morgan fingerprint density at radius 3 is 2.75 bits per heavy atom. The zero-order valence-electron chi connectivity index (χ0n) is 16.8. The number of rotatable bonds is 10. The van der Waals surface area contributed by atoms with Crippen molar-refractivity contribution in [3.8, 4) is 11.5 Å². The van der Waals surface area contributed by atoms with Crippen molar-refractivity contribution in [2.75, 3.05) is 40.4 Å². The van der Waals surface area contributed by atoms with Crippen molar-refractivity contribution in [3.63, 3.8) is 0 Å². The van der Waals surface area contributed by atoms with Gasteiger partial charge in [-0.15, -0.1) is 0 Å². The summed E-state index contributed by atoms with van der Waals surface area (Å²) in [6, 6.07) is 7.74. The van der Waals surface area contributed by atoms with E-state index in [1.165, 1.54) is 12.8 Å². The fourth-order valence-corrected chi connectivity index (χ4v) is 3.46. The fourth-order valence-electron chi connectivity index (χ4n) is 3.46. The standard InChI is InChI=1S/C21H30N4O3/c1-24(13-18-7-8-22-16-23-18)12-17-5-6-20(27-2)11-21(17)28-15-19(26)14-25-9-3-4-10-25/h5-8,11,16,19,26H,3-4,9-10,12-15H2,1-2H3/t19-/m0/s1. The smallest absolute Gasteiger partial charge is 0.127 e. The van der Waals surface area contributed by atoms with E-state index in [0.29, 0.717) is 19.6 Å². The number of aliphatic hydroxyl groups excluding tert-OH is 1. The zero-order valence-corrected chi connectivity index (χ0v) is 16.8. The van der Waals surface area contributed by atoms with Gasteiger partial charge in [0.05, 0.1) is 12.8 Å². The largest absolute Gasteiger partial charge is 0.497 e. The monoisotopic (exact) mass is 386 g/mol. The van der Waals surface area contributed by atoms with E-state index in [0.717, 1.165) is 35.8 Å². The van der Waals surface area contributed by atoms with Gasteiger partial charge in [-0.2, -0.15) is 0 Å². The average molecular weight is 386 g/mol. The number of β-amino-alcohol motifs (C(OH)–C–C–N with tert-alkyl or cyclic N) is 1. The van der Waals surface area contributed by atoms with Gasteiger partial charge in [0, 0.05) is 37.5 Å². The molecule has 0 saturated carbocycles. The molecule has 0 unspecified atom stereocenters. The highest BCUT2D eigenvalue weighted by Gasteiger charge is 2.17. The van der Waals surface area contributed by atoms with E-state index in [4.69, 9.17) is 9.47 Å². The number of hydrogen-bond acceptors (Lipinski definition) is 7. The normalized spacial score (nSPS) is 15.7. The Morgan fingerprint density at radius 2 is 2.04 bits per heavy atom. The predicted molar refractivity (Wildman–Crippen MR) is 107 cm³/mol. The molecule has 1 aromatic carbocycles. The first-order valence-corrected chi connectivity index (χ1v) is 9.77. The second-order valence-corrected chi connectivity index (χ2v) is 7.32. The van der Waals surface area contributed by atoms with E-state index in [1.54, 1.807) is 19.6 Å². The maximum Gasteiger partial charge on any atom is 0.127 e. The molecule has 152 valence electrons. The van der Waals surface area contributed by atoms with Crippen LogP contribution in [-0.2, 0) is 13.1 Å². The molecule has 0 spiro atoms. The number of methoxy groups -OCH3 is 1. The minimum Gasteiger partial charge on any atom is -0.497 e. The molecule has 1 N–H and O–H groups in total. The molecule has 7 heteroatoms. The Morgan fingerprint density at radius 1 is 1.21 bits per heavy atom. The molecule has 7 nitrogen and oxygen atoms in total. The highest BCUT2D eigenvalue weighted by atomic mass is 16.5. The third kappa shape index (κ3) is 6.15. The Labute approximate surface area is 166 Å². The minimum atomic E-state index is -0.504. The summed E-state index contributed by atoms with van der Waals surface area (Å²) in [5.74, 6) is 1.49. The van der Waals surface area contributed by atoms with Crippen molar-refractivity contribution in [1.29, 1.82) is 0 Å². The summed E-state index contributed by atoms with van der Waals surface area (Å²) in [6.07, 6.45) is 5.24. The van der Waals surface area contributed by atoms with Crippen LogP contribution in [0.25, 0.3) is 0 Å². The van der Waals surface area contributed by atoms with Crippen molar-refractivity contribution < 1.29 is 14.6 Å². The number of likely N-dealkylation sites (tertiary alicyclic amines) is 1. The van der Waals surface area contributed by atoms with Crippen LogP contribution in [0.1, 0.15) is 24.1 Å². The molecule has 0 bridgehead atoms. The quantitative estimate of drug-likeness (QED) is 0.669. The first-order chi connectivity index (χ1) is 13.6. The van der Waals surface area contributed by atoms with E-state index < -0.39 is 6.10 Å². The van der Waals surface area contributed by atoms with Crippen LogP contribution in [0.4, 0.5) is 0 Å². The second-order valence-electron chi connectivity index (χ2n) is 7.32. The molecule has 0 radical (unpaired) electrons. The maximum atomic E-state index is 10.3. The molecule has 1 saturated heterocycles. The summed E-state index contributed by atoms with van der Waals surface area (Å²) in [4.78, 5) is 12.7. The van der Waals surface area contributed by atoms with E-state index in [2.05, 4.69) is 19.8 Å². The van der Waals surface area contributed by atoms with Crippen molar-refractivity contribution >= 4 is 0 Å². The Balaban J connectivity index is 1.60. The van der Waals surface area contributed by atoms with Crippen LogP contribution in [0.3, 0.4) is 0 Å². The number of aromatic nitrogens is 2. The summed E-state index contributed by atoms with van der Waals surface area (Å²) >= 11 is 0. The molecule has 1 aliphatic heterocycles. The highest BCUT2D eigenvalue weighted by Crippen LogP contribution is 2.26. The molecule has 2 aromatic rings. The topological polar surface area (TPSA) is 71.0 Å². The summed E-state index contributed by atoms with van der Waals surface area (Å²) in [5, 5.41) is 10.3. The van der Waals surface area contributed by atoms with Crippen LogP contribution < -0.4 is 9.47 Å². The van der Waals surface area contributed by atoms with Crippen molar-refractivity contribution in [3.05, 3.63) is 48.0 Å². The van der Waals surface area contributed by atoms with Gasteiger partial charge in [-0.1, -0.05) is 6.07 Å². The van der Waals surface area contributed by atoms with Crippen LogP contribution in [-0.4, -0.2) is 71.4 Å². The lowest BCUT2D eigenvalue weighted by Gasteiger charge is -2.22. The van der Waals surface area contributed by atoms with Crippen LogP contribution in [0, 0.1) is 0 Å². The second kappa shape index (κ2) is 10.4. The van der Waals surface area contributed by atoms with Crippen molar-refractivity contribution in [2.45, 2.75) is 32.0 Å². The Hall–Kier alpha value is -2.22. The van der Waals surface area contributed by atoms with Gasteiger partial charge in [0.1, 0.15) is 30.5 Å². The Kier molecular flexibility index (Phi) is 7.59. The number of aliphatic hydroxyl groups is 1. The molecule has 1 aromatic heterocycles. The molecule has 28 heavy (non-hydrogen) atoms. The summed E-state index contributed by atoms with van der Waals surface area (Å²) in [7, 11) is 3.68. The van der Waals surface area contributed by atoms with Crippen LogP contribution in [0.15, 0.2) is 36.8 Å². The summed E-state index contributed by atoms with van der Waals surface area (Å²) in [6.45, 7) is 4.47. The van der Waals surface area contributed by atoms with E-state index in [1.807, 2.05) is 31.3 Å². The third-order valence-electron chi connectivity index (χ3n) is 4.89. The lowest BCUT2D eigenvalue weighted by atomic mass is 10.1. The van der Waals surface area contributed by atoms with Crippen LogP contribution >= 0.6 is 0 Å². The molecule has 1 fully saturated rings. The maximum absolute atomic E-state index is 10.3. The summed E-state index contributed by atoms with van der Waals surface area (Å²) in [5.41, 5.74) is 2.01. The van der Waals surface area contributed by atoms with Gasteiger partial charge in [0.15, 0.2) is 0 Å². The van der Waals surface area contributed by atoms with Gasteiger partial charge in [0.2, 0.25) is 0 Å². The molecule has 1 aliphatic rings. The fraction of sp³-hybridized carbons (Fsp3) is 0.524. The lowest BCUT2D eigenvalue weighted by molar-refractivity contribution is 0.0750. The number of nitrogens with zero attached hydrogens (tertiary/aromatic N) is 4. The van der Waals surface area contributed by atoms with Crippen molar-refractivity contribution in [2.24, 2.45) is 0 Å². The van der Waals surface area contributed by atoms with E-state index >= 15 is 0 Å². The average Bonchev–Trinajstić information content (AvgIpc) is 3.21. The molecular formula is C21H30N4O3. The molecule has 0 amide bonds. The SMILES string of the molecule is COc1ccc(CN(C)Cc2ccncn2)c(OC[C@@H](O)CN2CCCC2)c1. The number of benzene rings is 1. The van der Waals surface area contributed by atoms with Gasteiger partial charge in [-0.25, -0.2) is 9.97 Å². The molecule has 3 rings (SSSR count). The number of hydrogen-bond donors (Lipinski definition) is 1. The minimum absolute atomic E-state index is 0.270. The molecule has 2 heterocycles. The third-order valence-corrected chi connectivity index (χ3v) is 4.89. The zero-order chi connectivity index (χ0) is 19.8. The molecule has 1 atom stereocenters. The van der Waals surface area contributed by atoms with Gasteiger partial charge >= 0.3 is 0 Å². The van der Waals surface area contributed by atoms with Crippen LogP contribution in [0.5, 0.6) is 11.5 Å². The molecule has 0 aliphatic carbocycles. The highest BCUT2D eigenvalue weighted by molar-refractivity contribution is 5.40. The lowest BCUT2D eigenvalue weighted by Crippen LogP contribution is -2.33. The summed E-state index contributed by atoms with van der Waals surface area (Å²) < 4.78 is 11.3. The first-order valence-electron chi connectivity index (χ1n) is 9.77.